The van der Waals surface area contributed by atoms with Gasteiger partial charge in [-0.3, -0.25) is 4.68 Å². The predicted molar refractivity (Wildman–Crippen MR) is 104 cm³/mol. The molecule has 4 nitrogen and oxygen atoms in total. The third kappa shape index (κ3) is 4.96. The van der Waals surface area contributed by atoms with Gasteiger partial charge in [-0.1, -0.05) is 42.5 Å². The third-order valence-corrected chi connectivity index (χ3v) is 4.62. The van der Waals surface area contributed by atoms with Crippen molar-refractivity contribution in [2.75, 3.05) is 11.9 Å². The first kappa shape index (κ1) is 16.9. The molecule has 0 atom stereocenters. The van der Waals surface area contributed by atoms with Crippen LogP contribution in [0.2, 0.25) is 0 Å². The van der Waals surface area contributed by atoms with Crippen molar-refractivity contribution in [2.45, 2.75) is 32.5 Å². The molecule has 0 spiro atoms. The molecule has 134 valence electrons. The number of hydrogen-bond donors (Lipinski definition) is 1. The molecule has 1 heterocycles. The summed E-state index contributed by atoms with van der Waals surface area (Å²) in [4.78, 5) is 0. The van der Waals surface area contributed by atoms with Crippen LogP contribution in [-0.2, 0) is 24.4 Å². The fourth-order valence-electron chi connectivity index (χ4n) is 2.96. The summed E-state index contributed by atoms with van der Waals surface area (Å²) in [5, 5.41) is 7.94. The molecule has 1 saturated carbocycles. The van der Waals surface area contributed by atoms with Gasteiger partial charge >= 0.3 is 0 Å². The maximum atomic E-state index is 5.78. The summed E-state index contributed by atoms with van der Waals surface area (Å²) >= 11 is 0. The van der Waals surface area contributed by atoms with Gasteiger partial charge in [0.05, 0.1) is 19.3 Å². The second kappa shape index (κ2) is 8.19. The number of rotatable bonds is 9. The lowest BCUT2D eigenvalue weighted by atomic mass is 10.2. The molecule has 1 aromatic heterocycles. The fourth-order valence-corrected chi connectivity index (χ4v) is 2.96. The van der Waals surface area contributed by atoms with E-state index in [2.05, 4.69) is 65.1 Å². The Morgan fingerprint density at radius 3 is 2.69 bits per heavy atom. The molecule has 1 fully saturated rings. The van der Waals surface area contributed by atoms with Gasteiger partial charge in [0.2, 0.25) is 0 Å². The zero-order valence-corrected chi connectivity index (χ0v) is 15.0. The Kier molecular flexibility index (Phi) is 5.31. The van der Waals surface area contributed by atoms with E-state index >= 15 is 0 Å². The molecular formula is C22H25N3O. The molecular weight excluding hydrogens is 322 g/mol. The lowest BCUT2D eigenvalue weighted by molar-refractivity contribution is 0.111. The number of anilines is 1. The van der Waals surface area contributed by atoms with E-state index in [0.717, 1.165) is 31.3 Å². The van der Waals surface area contributed by atoms with E-state index < -0.39 is 0 Å². The van der Waals surface area contributed by atoms with Crippen LogP contribution in [0.25, 0.3) is 0 Å². The lowest BCUT2D eigenvalue weighted by Gasteiger charge is -2.08. The molecule has 0 aliphatic heterocycles. The highest BCUT2D eigenvalue weighted by Gasteiger charge is 2.20. The molecule has 4 rings (SSSR count). The van der Waals surface area contributed by atoms with Crippen molar-refractivity contribution in [1.82, 2.24) is 9.78 Å². The van der Waals surface area contributed by atoms with Crippen LogP contribution in [0.1, 0.15) is 29.5 Å². The Hall–Kier alpha value is -2.59. The van der Waals surface area contributed by atoms with Crippen LogP contribution in [-0.4, -0.2) is 16.4 Å². The van der Waals surface area contributed by atoms with Crippen molar-refractivity contribution in [3.05, 3.63) is 83.7 Å². The van der Waals surface area contributed by atoms with Crippen molar-refractivity contribution in [1.29, 1.82) is 0 Å². The standard InChI is InChI=1S/C22H25N3O/c1-2-5-18(6-3-1)14-25-15-21(13-24-25)12-23-22-8-4-7-20(11-22)17-26-16-19-9-10-19/h1-8,11,13,15,19,23H,9-10,12,14,16-17H2. The molecule has 0 amide bonds. The summed E-state index contributed by atoms with van der Waals surface area (Å²) in [6.45, 7) is 3.16. The molecule has 2 aromatic carbocycles. The van der Waals surface area contributed by atoms with E-state index in [-0.39, 0.29) is 0 Å². The molecule has 1 aliphatic rings. The van der Waals surface area contributed by atoms with E-state index in [1.54, 1.807) is 0 Å². The Bertz CT molecular complexity index is 824. The molecule has 3 aromatic rings. The normalized spacial score (nSPS) is 13.7. The van der Waals surface area contributed by atoms with E-state index in [1.165, 1.54) is 29.5 Å². The minimum atomic E-state index is 0.695. The summed E-state index contributed by atoms with van der Waals surface area (Å²) in [6, 6.07) is 18.9. The Balaban J connectivity index is 1.28. The van der Waals surface area contributed by atoms with Crippen LogP contribution in [0.3, 0.4) is 0 Å². The van der Waals surface area contributed by atoms with Gasteiger partial charge < -0.3 is 10.1 Å². The molecule has 1 aliphatic carbocycles. The first-order valence-corrected chi connectivity index (χ1v) is 9.31. The van der Waals surface area contributed by atoms with Crippen LogP contribution >= 0.6 is 0 Å². The van der Waals surface area contributed by atoms with E-state index in [4.69, 9.17) is 4.74 Å². The van der Waals surface area contributed by atoms with Crippen molar-refractivity contribution in [3.8, 4) is 0 Å². The first-order valence-electron chi connectivity index (χ1n) is 9.31. The maximum Gasteiger partial charge on any atom is 0.0717 e. The van der Waals surface area contributed by atoms with Crippen LogP contribution in [0.5, 0.6) is 0 Å². The SMILES string of the molecule is c1ccc(Cn2cc(CNc3cccc(COCC4CC4)c3)cn2)cc1. The van der Waals surface area contributed by atoms with E-state index in [9.17, 15) is 0 Å². The van der Waals surface area contributed by atoms with Crippen LogP contribution in [0.4, 0.5) is 5.69 Å². The zero-order valence-electron chi connectivity index (χ0n) is 15.0. The highest BCUT2D eigenvalue weighted by molar-refractivity contribution is 5.46. The van der Waals surface area contributed by atoms with Gasteiger partial charge in [0, 0.05) is 30.6 Å². The van der Waals surface area contributed by atoms with Gasteiger partial charge in [-0.25, -0.2) is 0 Å². The van der Waals surface area contributed by atoms with Crippen LogP contribution < -0.4 is 5.32 Å². The second-order valence-corrected chi connectivity index (χ2v) is 7.04. The number of nitrogens with zero attached hydrogens (tertiary/aromatic N) is 2. The minimum Gasteiger partial charge on any atom is -0.381 e. The molecule has 1 N–H and O–H groups in total. The quantitative estimate of drug-likeness (QED) is 0.621. The Morgan fingerprint density at radius 2 is 1.85 bits per heavy atom. The summed E-state index contributed by atoms with van der Waals surface area (Å²) in [5.74, 6) is 0.809. The minimum absolute atomic E-state index is 0.695. The van der Waals surface area contributed by atoms with Crippen molar-refractivity contribution < 1.29 is 4.74 Å². The van der Waals surface area contributed by atoms with Gasteiger partial charge in [-0.05, 0) is 42.0 Å². The summed E-state index contributed by atoms with van der Waals surface area (Å²) < 4.78 is 7.76. The monoisotopic (exact) mass is 347 g/mol. The zero-order chi connectivity index (χ0) is 17.6. The molecule has 26 heavy (non-hydrogen) atoms. The average Bonchev–Trinajstić information content (AvgIpc) is 3.39. The second-order valence-electron chi connectivity index (χ2n) is 7.04. The molecule has 0 radical (unpaired) electrons. The molecule has 0 bridgehead atoms. The third-order valence-electron chi connectivity index (χ3n) is 4.62. The van der Waals surface area contributed by atoms with Gasteiger partial charge in [0.25, 0.3) is 0 Å². The number of aromatic nitrogens is 2. The summed E-state index contributed by atoms with van der Waals surface area (Å²) in [5.41, 5.74) is 4.77. The smallest absolute Gasteiger partial charge is 0.0717 e. The van der Waals surface area contributed by atoms with Gasteiger partial charge in [-0.15, -0.1) is 0 Å². The van der Waals surface area contributed by atoms with Crippen molar-refractivity contribution in [2.24, 2.45) is 5.92 Å². The van der Waals surface area contributed by atoms with E-state index in [0.29, 0.717) is 6.61 Å². The molecule has 4 heteroatoms. The predicted octanol–water partition coefficient (Wildman–Crippen LogP) is 4.47. The highest BCUT2D eigenvalue weighted by Crippen LogP contribution is 2.29. The highest BCUT2D eigenvalue weighted by atomic mass is 16.5. The number of ether oxygens (including phenoxy) is 1. The van der Waals surface area contributed by atoms with Gasteiger partial charge in [0.1, 0.15) is 0 Å². The molecule has 0 unspecified atom stereocenters. The summed E-state index contributed by atoms with van der Waals surface area (Å²) in [7, 11) is 0. The number of benzene rings is 2. The Morgan fingerprint density at radius 1 is 1.00 bits per heavy atom. The molecule has 0 saturated heterocycles. The Labute approximate surface area is 154 Å². The van der Waals surface area contributed by atoms with Crippen molar-refractivity contribution >= 4 is 5.69 Å². The maximum absolute atomic E-state index is 5.78. The van der Waals surface area contributed by atoms with Crippen LogP contribution in [0.15, 0.2) is 67.0 Å². The average molecular weight is 347 g/mol. The van der Waals surface area contributed by atoms with Crippen LogP contribution in [0, 0.1) is 5.92 Å². The van der Waals surface area contributed by atoms with Crippen molar-refractivity contribution in [3.63, 3.8) is 0 Å². The fraction of sp³-hybridized carbons (Fsp3) is 0.318. The topological polar surface area (TPSA) is 39.1 Å². The lowest BCUT2D eigenvalue weighted by Crippen LogP contribution is -2.01. The van der Waals surface area contributed by atoms with Gasteiger partial charge in [0.15, 0.2) is 0 Å². The largest absolute Gasteiger partial charge is 0.381 e. The number of nitrogens with one attached hydrogen (secondary N) is 1. The summed E-state index contributed by atoms with van der Waals surface area (Å²) in [6.07, 6.45) is 6.69. The number of hydrogen-bond acceptors (Lipinski definition) is 3. The van der Waals surface area contributed by atoms with E-state index in [1.807, 2.05) is 16.9 Å². The first-order chi connectivity index (χ1) is 12.8. The van der Waals surface area contributed by atoms with Gasteiger partial charge in [-0.2, -0.15) is 5.10 Å².